The summed E-state index contributed by atoms with van der Waals surface area (Å²) >= 11 is 9.30. The van der Waals surface area contributed by atoms with Crippen molar-refractivity contribution < 1.29 is 4.42 Å². The van der Waals surface area contributed by atoms with Crippen molar-refractivity contribution >= 4 is 38.6 Å². The van der Waals surface area contributed by atoms with Crippen LogP contribution < -0.4 is 0 Å². The summed E-state index contributed by atoms with van der Waals surface area (Å²) in [5, 5.41) is 0.660. The SMILES string of the molecule is Clc1ccc2oc(-c3ccc(Br)cc3)nc2c1. The Morgan fingerprint density at radius 1 is 1.06 bits per heavy atom. The van der Waals surface area contributed by atoms with Gasteiger partial charge in [0.2, 0.25) is 5.89 Å². The number of benzene rings is 2. The van der Waals surface area contributed by atoms with Gasteiger partial charge in [-0.3, -0.25) is 0 Å². The number of hydrogen-bond donors (Lipinski definition) is 0. The highest BCUT2D eigenvalue weighted by molar-refractivity contribution is 9.10. The minimum atomic E-state index is 0.606. The summed E-state index contributed by atoms with van der Waals surface area (Å²) in [5.74, 6) is 0.606. The standard InChI is InChI=1S/C13H7BrClNO/c14-9-3-1-8(2-4-9)13-16-11-7-10(15)5-6-12(11)17-13/h1-7H. The third kappa shape index (κ3) is 2.08. The summed E-state index contributed by atoms with van der Waals surface area (Å²) in [4.78, 5) is 4.41. The van der Waals surface area contributed by atoms with E-state index in [2.05, 4.69) is 20.9 Å². The number of nitrogens with zero attached hydrogens (tertiary/aromatic N) is 1. The highest BCUT2D eigenvalue weighted by atomic mass is 79.9. The smallest absolute Gasteiger partial charge is 0.227 e. The lowest BCUT2D eigenvalue weighted by Crippen LogP contribution is -1.75. The number of halogens is 2. The highest BCUT2D eigenvalue weighted by Gasteiger charge is 2.08. The molecule has 0 amide bonds. The lowest BCUT2D eigenvalue weighted by Gasteiger charge is -1.94. The molecule has 3 rings (SSSR count). The molecule has 0 spiro atoms. The molecule has 0 saturated heterocycles. The van der Waals surface area contributed by atoms with Crippen LogP contribution in [0.5, 0.6) is 0 Å². The van der Waals surface area contributed by atoms with Gasteiger partial charge in [0.25, 0.3) is 0 Å². The van der Waals surface area contributed by atoms with Crippen LogP contribution in [0.1, 0.15) is 0 Å². The van der Waals surface area contributed by atoms with Crippen LogP contribution in [0.4, 0.5) is 0 Å². The largest absolute Gasteiger partial charge is 0.436 e. The maximum atomic E-state index is 5.91. The van der Waals surface area contributed by atoms with E-state index in [1.54, 1.807) is 12.1 Å². The molecule has 4 heteroatoms. The Bertz CT molecular complexity index is 675. The van der Waals surface area contributed by atoms with Crippen LogP contribution in [-0.2, 0) is 0 Å². The van der Waals surface area contributed by atoms with E-state index in [4.69, 9.17) is 16.0 Å². The summed E-state index contributed by atoms with van der Waals surface area (Å²) in [6.45, 7) is 0. The first-order valence-corrected chi connectivity index (χ1v) is 6.21. The van der Waals surface area contributed by atoms with Crippen molar-refractivity contribution in [1.82, 2.24) is 4.98 Å². The molecule has 0 radical (unpaired) electrons. The van der Waals surface area contributed by atoms with Gasteiger partial charge in [-0.2, -0.15) is 0 Å². The maximum Gasteiger partial charge on any atom is 0.227 e. The van der Waals surface area contributed by atoms with E-state index in [9.17, 15) is 0 Å². The quantitative estimate of drug-likeness (QED) is 0.638. The minimum Gasteiger partial charge on any atom is -0.436 e. The fourth-order valence-corrected chi connectivity index (χ4v) is 2.05. The molecule has 0 atom stereocenters. The molecular weight excluding hydrogens is 302 g/mol. The fourth-order valence-electron chi connectivity index (χ4n) is 1.62. The van der Waals surface area contributed by atoms with Gasteiger partial charge >= 0.3 is 0 Å². The Morgan fingerprint density at radius 3 is 2.59 bits per heavy atom. The molecule has 0 fully saturated rings. The normalized spacial score (nSPS) is 10.9. The lowest BCUT2D eigenvalue weighted by atomic mass is 10.2. The monoisotopic (exact) mass is 307 g/mol. The predicted octanol–water partition coefficient (Wildman–Crippen LogP) is 4.91. The molecule has 3 aromatic rings. The molecule has 1 heterocycles. The van der Waals surface area contributed by atoms with Gasteiger partial charge < -0.3 is 4.42 Å². The second-order valence-electron chi connectivity index (χ2n) is 3.64. The van der Waals surface area contributed by atoms with E-state index < -0.39 is 0 Å². The van der Waals surface area contributed by atoms with Crippen LogP contribution in [0.15, 0.2) is 51.4 Å². The Morgan fingerprint density at radius 2 is 1.82 bits per heavy atom. The van der Waals surface area contributed by atoms with Gasteiger partial charge in [0.1, 0.15) is 5.52 Å². The Labute approximate surface area is 111 Å². The molecule has 0 N–H and O–H groups in total. The maximum absolute atomic E-state index is 5.91. The minimum absolute atomic E-state index is 0.606. The second-order valence-corrected chi connectivity index (χ2v) is 4.99. The predicted molar refractivity (Wildman–Crippen MR) is 72.2 cm³/mol. The number of rotatable bonds is 1. The van der Waals surface area contributed by atoms with Crippen molar-refractivity contribution in [3.05, 3.63) is 52.0 Å². The Balaban J connectivity index is 2.14. The molecule has 0 aliphatic carbocycles. The van der Waals surface area contributed by atoms with E-state index in [1.807, 2.05) is 30.3 Å². The van der Waals surface area contributed by atoms with Crippen LogP contribution in [0.3, 0.4) is 0 Å². The van der Waals surface area contributed by atoms with Gasteiger partial charge in [0.05, 0.1) is 0 Å². The summed E-state index contributed by atoms with van der Waals surface area (Å²) in [7, 11) is 0. The average Bonchev–Trinajstić information content (AvgIpc) is 2.72. The van der Waals surface area contributed by atoms with E-state index >= 15 is 0 Å². The van der Waals surface area contributed by atoms with Crippen LogP contribution in [0.25, 0.3) is 22.6 Å². The van der Waals surface area contributed by atoms with Crippen molar-refractivity contribution in [3.63, 3.8) is 0 Å². The zero-order valence-corrected chi connectivity index (χ0v) is 11.0. The average molecular weight is 309 g/mol. The van der Waals surface area contributed by atoms with Crippen LogP contribution in [-0.4, -0.2) is 4.98 Å². The fraction of sp³-hybridized carbons (Fsp3) is 0. The van der Waals surface area contributed by atoms with E-state index in [0.29, 0.717) is 10.9 Å². The summed E-state index contributed by atoms with van der Waals surface area (Å²) in [5.41, 5.74) is 2.46. The van der Waals surface area contributed by atoms with Gasteiger partial charge in [0, 0.05) is 15.1 Å². The van der Waals surface area contributed by atoms with Gasteiger partial charge in [-0.15, -0.1) is 0 Å². The van der Waals surface area contributed by atoms with Crippen molar-refractivity contribution in [1.29, 1.82) is 0 Å². The van der Waals surface area contributed by atoms with E-state index in [1.165, 1.54) is 0 Å². The third-order valence-corrected chi connectivity index (χ3v) is 3.20. The lowest BCUT2D eigenvalue weighted by molar-refractivity contribution is 0.620. The van der Waals surface area contributed by atoms with Gasteiger partial charge in [-0.1, -0.05) is 27.5 Å². The number of aromatic nitrogens is 1. The van der Waals surface area contributed by atoms with Gasteiger partial charge in [0.15, 0.2) is 5.58 Å². The second kappa shape index (κ2) is 4.17. The van der Waals surface area contributed by atoms with Crippen molar-refractivity contribution in [2.75, 3.05) is 0 Å². The molecule has 0 saturated carbocycles. The molecule has 84 valence electrons. The van der Waals surface area contributed by atoms with E-state index in [-0.39, 0.29) is 0 Å². The molecule has 0 unspecified atom stereocenters. The number of oxazole rings is 1. The van der Waals surface area contributed by atoms with Gasteiger partial charge in [-0.25, -0.2) is 4.98 Å². The van der Waals surface area contributed by atoms with Crippen LogP contribution in [0.2, 0.25) is 5.02 Å². The summed E-state index contributed by atoms with van der Waals surface area (Å²) in [6, 6.07) is 13.2. The third-order valence-electron chi connectivity index (χ3n) is 2.44. The molecule has 1 aromatic heterocycles. The van der Waals surface area contributed by atoms with Crippen molar-refractivity contribution in [2.45, 2.75) is 0 Å². The Kier molecular flexibility index (Phi) is 2.65. The molecule has 0 aliphatic rings. The molecule has 2 nitrogen and oxygen atoms in total. The first kappa shape index (κ1) is 10.8. The zero-order valence-electron chi connectivity index (χ0n) is 8.65. The topological polar surface area (TPSA) is 26.0 Å². The number of hydrogen-bond acceptors (Lipinski definition) is 2. The highest BCUT2D eigenvalue weighted by Crippen LogP contribution is 2.26. The van der Waals surface area contributed by atoms with Crippen LogP contribution in [0, 0.1) is 0 Å². The number of fused-ring (bicyclic) bond motifs is 1. The van der Waals surface area contributed by atoms with Gasteiger partial charge in [-0.05, 0) is 42.5 Å². The van der Waals surface area contributed by atoms with E-state index in [0.717, 1.165) is 21.1 Å². The first-order valence-electron chi connectivity index (χ1n) is 5.04. The molecular formula is C13H7BrClNO. The van der Waals surface area contributed by atoms with Crippen LogP contribution >= 0.6 is 27.5 Å². The summed E-state index contributed by atoms with van der Waals surface area (Å²) < 4.78 is 6.69. The zero-order chi connectivity index (χ0) is 11.8. The molecule has 0 aliphatic heterocycles. The molecule has 0 bridgehead atoms. The molecule has 17 heavy (non-hydrogen) atoms. The van der Waals surface area contributed by atoms with Crippen molar-refractivity contribution in [2.24, 2.45) is 0 Å². The summed E-state index contributed by atoms with van der Waals surface area (Å²) in [6.07, 6.45) is 0. The van der Waals surface area contributed by atoms with Crippen molar-refractivity contribution in [3.8, 4) is 11.5 Å². The molecule has 2 aromatic carbocycles. The Hall–Kier alpha value is -1.32. The first-order chi connectivity index (χ1) is 8.22.